The van der Waals surface area contributed by atoms with Crippen molar-refractivity contribution in [2.24, 2.45) is 11.8 Å². The lowest BCUT2D eigenvalue weighted by Gasteiger charge is -2.34. The fraction of sp³-hybridized carbons (Fsp3) is 0.529. The van der Waals surface area contributed by atoms with Crippen molar-refractivity contribution < 1.29 is 9.59 Å². The van der Waals surface area contributed by atoms with Crippen molar-refractivity contribution in [3.05, 3.63) is 29.8 Å². The van der Waals surface area contributed by atoms with Crippen molar-refractivity contribution in [1.82, 2.24) is 4.90 Å². The molecule has 0 radical (unpaired) electrons. The first kappa shape index (κ1) is 12.9. The molecule has 1 aromatic carbocycles. The molecule has 4 rings (SSSR count). The first-order valence-electron chi connectivity index (χ1n) is 7.92. The zero-order chi connectivity index (χ0) is 14.4. The third kappa shape index (κ3) is 2.23. The number of anilines is 1. The zero-order valence-corrected chi connectivity index (χ0v) is 12.0. The van der Waals surface area contributed by atoms with E-state index >= 15 is 0 Å². The van der Waals surface area contributed by atoms with Crippen LogP contribution in [0.2, 0.25) is 0 Å². The van der Waals surface area contributed by atoms with E-state index in [2.05, 4.69) is 11.4 Å². The van der Waals surface area contributed by atoms with Crippen molar-refractivity contribution in [3.63, 3.8) is 0 Å². The van der Waals surface area contributed by atoms with Gasteiger partial charge in [0.2, 0.25) is 11.8 Å². The van der Waals surface area contributed by atoms with Gasteiger partial charge in [0.05, 0.1) is 5.92 Å². The number of nitrogens with zero attached hydrogens (tertiary/aromatic N) is 1. The van der Waals surface area contributed by atoms with Gasteiger partial charge < -0.3 is 10.2 Å². The molecule has 2 heterocycles. The van der Waals surface area contributed by atoms with Crippen LogP contribution in [0.5, 0.6) is 0 Å². The Kier molecular flexibility index (Phi) is 2.98. The number of hydrogen-bond donors (Lipinski definition) is 1. The SMILES string of the molecule is O=C1Nc2ccccc2[C@H]1C1CCN(C(=O)C2CC2)CC1. The van der Waals surface area contributed by atoms with Crippen molar-refractivity contribution >= 4 is 17.5 Å². The molecule has 0 aromatic heterocycles. The van der Waals surface area contributed by atoms with Gasteiger partial charge in [-0.3, -0.25) is 9.59 Å². The topological polar surface area (TPSA) is 49.4 Å². The quantitative estimate of drug-likeness (QED) is 0.906. The molecule has 4 heteroatoms. The molecule has 110 valence electrons. The van der Waals surface area contributed by atoms with Gasteiger partial charge in [0, 0.05) is 24.7 Å². The maximum Gasteiger partial charge on any atom is 0.232 e. The molecule has 1 aliphatic carbocycles. The summed E-state index contributed by atoms with van der Waals surface area (Å²) in [4.78, 5) is 26.4. The average Bonchev–Trinajstić information content (AvgIpc) is 3.29. The van der Waals surface area contributed by atoms with Crippen molar-refractivity contribution in [1.29, 1.82) is 0 Å². The number of nitrogens with one attached hydrogen (secondary N) is 1. The van der Waals surface area contributed by atoms with E-state index < -0.39 is 0 Å². The summed E-state index contributed by atoms with van der Waals surface area (Å²) in [5.41, 5.74) is 2.10. The van der Waals surface area contributed by atoms with Gasteiger partial charge in [-0.15, -0.1) is 0 Å². The molecular weight excluding hydrogens is 264 g/mol. The Balaban J connectivity index is 1.46. The molecule has 2 amide bonds. The molecule has 1 N–H and O–H groups in total. The summed E-state index contributed by atoms with van der Waals surface area (Å²) >= 11 is 0. The molecule has 21 heavy (non-hydrogen) atoms. The predicted octanol–water partition coefficient (Wildman–Crippen LogP) is 2.37. The minimum Gasteiger partial charge on any atom is -0.342 e. The minimum absolute atomic E-state index is 0.0284. The van der Waals surface area contributed by atoms with E-state index in [1.165, 1.54) is 0 Å². The summed E-state index contributed by atoms with van der Waals surface area (Å²) in [6.45, 7) is 1.62. The molecular formula is C17H20N2O2. The van der Waals surface area contributed by atoms with Crippen molar-refractivity contribution in [3.8, 4) is 0 Å². The van der Waals surface area contributed by atoms with Crippen LogP contribution < -0.4 is 5.32 Å². The largest absolute Gasteiger partial charge is 0.342 e. The van der Waals surface area contributed by atoms with Crippen LogP contribution in [0.4, 0.5) is 5.69 Å². The Labute approximate surface area is 124 Å². The molecule has 0 spiro atoms. The maximum atomic E-state index is 12.3. The fourth-order valence-corrected chi connectivity index (χ4v) is 3.74. The molecule has 4 nitrogen and oxygen atoms in total. The number of amides is 2. The number of carbonyl (C=O) groups excluding carboxylic acids is 2. The van der Waals surface area contributed by atoms with Crippen LogP contribution in [-0.4, -0.2) is 29.8 Å². The fourth-order valence-electron chi connectivity index (χ4n) is 3.74. The average molecular weight is 284 g/mol. The van der Waals surface area contributed by atoms with Gasteiger partial charge in [-0.1, -0.05) is 18.2 Å². The number of para-hydroxylation sites is 1. The maximum absolute atomic E-state index is 12.3. The second-order valence-corrected chi connectivity index (χ2v) is 6.49. The van der Waals surface area contributed by atoms with Crippen LogP contribution >= 0.6 is 0 Å². The third-order valence-electron chi connectivity index (χ3n) is 5.09. The molecule has 1 saturated carbocycles. The minimum atomic E-state index is -0.0284. The number of hydrogen-bond acceptors (Lipinski definition) is 2. The lowest BCUT2D eigenvalue weighted by molar-refractivity contribution is -0.134. The number of benzene rings is 1. The van der Waals surface area contributed by atoms with E-state index in [1.807, 2.05) is 23.1 Å². The Morgan fingerprint density at radius 2 is 1.81 bits per heavy atom. The third-order valence-corrected chi connectivity index (χ3v) is 5.09. The molecule has 3 aliphatic rings. The summed E-state index contributed by atoms with van der Waals surface area (Å²) in [5, 5.41) is 2.99. The second-order valence-electron chi connectivity index (χ2n) is 6.49. The smallest absolute Gasteiger partial charge is 0.232 e. The van der Waals surface area contributed by atoms with E-state index in [9.17, 15) is 9.59 Å². The second kappa shape index (κ2) is 4.86. The molecule has 1 aromatic rings. The van der Waals surface area contributed by atoms with Crippen LogP contribution in [0.15, 0.2) is 24.3 Å². The van der Waals surface area contributed by atoms with Gasteiger partial charge in [-0.25, -0.2) is 0 Å². The number of likely N-dealkylation sites (tertiary alicyclic amines) is 1. The molecule has 1 atom stereocenters. The van der Waals surface area contributed by atoms with Crippen molar-refractivity contribution in [2.45, 2.75) is 31.6 Å². The van der Waals surface area contributed by atoms with Gasteiger partial charge in [-0.2, -0.15) is 0 Å². The summed E-state index contributed by atoms with van der Waals surface area (Å²) in [5.74, 6) is 1.10. The zero-order valence-electron chi connectivity index (χ0n) is 12.0. The van der Waals surface area contributed by atoms with Crippen molar-refractivity contribution in [2.75, 3.05) is 18.4 Å². The molecule has 0 unspecified atom stereocenters. The van der Waals surface area contributed by atoms with Crippen LogP contribution in [0.1, 0.15) is 37.2 Å². The molecule has 0 bridgehead atoms. The highest BCUT2D eigenvalue weighted by Gasteiger charge is 2.40. The van der Waals surface area contributed by atoms with Gasteiger partial charge in [0.25, 0.3) is 0 Å². The number of rotatable bonds is 2. The van der Waals surface area contributed by atoms with Crippen LogP contribution in [0.3, 0.4) is 0 Å². The Morgan fingerprint density at radius 1 is 1.10 bits per heavy atom. The summed E-state index contributed by atoms with van der Waals surface area (Å²) in [6, 6.07) is 7.98. The van der Waals surface area contributed by atoms with Gasteiger partial charge in [0.15, 0.2) is 0 Å². The summed E-state index contributed by atoms with van der Waals surface area (Å²) < 4.78 is 0. The summed E-state index contributed by atoms with van der Waals surface area (Å²) in [6.07, 6.45) is 4.00. The Hall–Kier alpha value is -1.84. The molecule has 2 fully saturated rings. The molecule has 2 aliphatic heterocycles. The summed E-state index contributed by atoms with van der Waals surface area (Å²) in [7, 11) is 0. The van der Waals surface area contributed by atoms with E-state index in [1.54, 1.807) is 0 Å². The van der Waals surface area contributed by atoms with E-state index in [0.717, 1.165) is 50.0 Å². The normalized spacial score (nSPS) is 25.6. The van der Waals surface area contributed by atoms with Gasteiger partial charge in [-0.05, 0) is 43.2 Å². The highest BCUT2D eigenvalue weighted by Crippen LogP contribution is 2.41. The molecule has 1 saturated heterocycles. The highest BCUT2D eigenvalue weighted by atomic mass is 16.2. The first-order valence-corrected chi connectivity index (χ1v) is 7.92. The first-order chi connectivity index (χ1) is 10.2. The lowest BCUT2D eigenvalue weighted by Crippen LogP contribution is -2.41. The number of carbonyl (C=O) groups is 2. The lowest BCUT2D eigenvalue weighted by atomic mass is 9.80. The van der Waals surface area contributed by atoms with Crippen LogP contribution in [0, 0.1) is 11.8 Å². The Bertz CT molecular complexity index is 586. The van der Waals surface area contributed by atoms with Gasteiger partial charge >= 0.3 is 0 Å². The van der Waals surface area contributed by atoms with E-state index in [-0.39, 0.29) is 11.8 Å². The number of fused-ring (bicyclic) bond motifs is 1. The van der Waals surface area contributed by atoms with Crippen LogP contribution in [-0.2, 0) is 9.59 Å². The predicted molar refractivity (Wildman–Crippen MR) is 79.8 cm³/mol. The Morgan fingerprint density at radius 3 is 2.52 bits per heavy atom. The van der Waals surface area contributed by atoms with Crippen LogP contribution in [0.25, 0.3) is 0 Å². The highest BCUT2D eigenvalue weighted by molar-refractivity contribution is 6.03. The standard InChI is InChI=1S/C17H20N2O2/c20-16-15(13-3-1-2-4-14(13)18-16)11-7-9-19(10-8-11)17(21)12-5-6-12/h1-4,11-12,15H,5-10H2,(H,18,20)/t15-/m1/s1. The van der Waals surface area contributed by atoms with E-state index in [0.29, 0.717) is 17.7 Å². The van der Waals surface area contributed by atoms with E-state index in [4.69, 9.17) is 0 Å². The monoisotopic (exact) mass is 284 g/mol. The number of piperidine rings is 1. The van der Waals surface area contributed by atoms with Gasteiger partial charge in [0.1, 0.15) is 0 Å².